The molecule has 0 bridgehead atoms. The van der Waals surface area contributed by atoms with Crippen molar-refractivity contribution in [1.29, 1.82) is 5.26 Å². The van der Waals surface area contributed by atoms with Crippen LogP contribution in [-0.4, -0.2) is 31.1 Å². The molecule has 1 heterocycles. The third-order valence-electron chi connectivity index (χ3n) is 1.39. The Kier molecular flexibility index (Phi) is 5.71. The summed E-state index contributed by atoms with van der Waals surface area (Å²) in [5.74, 6) is 0. The molecule has 0 amide bonds. The Morgan fingerprint density at radius 1 is 1.40 bits per heavy atom. The number of hydrogen-bond donors (Lipinski definition) is 1. The molecule has 0 aromatic carbocycles. The van der Waals surface area contributed by atoms with Gasteiger partial charge in [0.05, 0.1) is 0 Å². The van der Waals surface area contributed by atoms with Gasteiger partial charge in [0, 0.05) is 34.2 Å². The van der Waals surface area contributed by atoms with Gasteiger partial charge < -0.3 is 10.2 Å². The zero-order valence-corrected chi connectivity index (χ0v) is 8.64. The fourth-order valence-electron chi connectivity index (χ4n) is 0.893. The van der Waals surface area contributed by atoms with Gasteiger partial charge >= 0.3 is 0 Å². The van der Waals surface area contributed by atoms with Crippen LogP contribution < -0.4 is 5.32 Å². The zero-order chi connectivity index (χ0) is 6.53. The van der Waals surface area contributed by atoms with Crippen molar-refractivity contribution < 1.29 is 21.1 Å². The van der Waals surface area contributed by atoms with Crippen molar-refractivity contribution in [1.82, 2.24) is 10.2 Å². The molecule has 1 aliphatic heterocycles. The van der Waals surface area contributed by atoms with Gasteiger partial charge in [-0.2, -0.15) is 0 Å². The summed E-state index contributed by atoms with van der Waals surface area (Å²) < 4.78 is 0. The molecule has 1 rings (SSSR count). The molecule has 4 heteroatoms. The normalized spacial score (nSPS) is 18.7. The van der Waals surface area contributed by atoms with Crippen LogP contribution in [0, 0.1) is 17.9 Å². The van der Waals surface area contributed by atoms with E-state index in [4.69, 9.17) is 5.26 Å². The molecule has 0 saturated carbocycles. The number of piperazine rings is 1. The zero-order valence-electron chi connectivity index (χ0n) is 5.71. The SMILES string of the molecule is N#C[CH-]N1CCNCC1.[W]. The Labute approximate surface area is 75.6 Å². The molecular weight excluding hydrogens is 298 g/mol. The summed E-state index contributed by atoms with van der Waals surface area (Å²) in [6.07, 6.45) is 0. The second-order valence-electron chi connectivity index (χ2n) is 2.04. The summed E-state index contributed by atoms with van der Waals surface area (Å²) in [5.41, 5.74) is 0. The number of hydrogen-bond acceptors (Lipinski definition) is 3. The summed E-state index contributed by atoms with van der Waals surface area (Å²) in [6, 6.07) is 2.01. The van der Waals surface area contributed by atoms with Gasteiger partial charge in [-0.15, -0.1) is 0 Å². The maximum atomic E-state index is 8.25. The Balaban J connectivity index is 0.000000810. The van der Waals surface area contributed by atoms with Gasteiger partial charge in [0.15, 0.2) is 0 Å². The van der Waals surface area contributed by atoms with Crippen molar-refractivity contribution in [2.24, 2.45) is 0 Å². The molecule has 0 atom stereocenters. The van der Waals surface area contributed by atoms with Crippen LogP contribution in [0.25, 0.3) is 0 Å². The van der Waals surface area contributed by atoms with Crippen molar-refractivity contribution in [3.63, 3.8) is 0 Å². The van der Waals surface area contributed by atoms with Crippen LogP contribution in [0.2, 0.25) is 0 Å². The van der Waals surface area contributed by atoms with Gasteiger partial charge in [-0.25, -0.2) is 11.8 Å². The van der Waals surface area contributed by atoms with Crippen LogP contribution in [0.1, 0.15) is 0 Å². The summed E-state index contributed by atoms with van der Waals surface area (Å²) in [5, 5.41) is 11.5. The van der Waals surface area contributed by atoms with Crippen molar-refractivity contribution >= 4 is 0 Å². The van der Waals surface area contributed by atoms with Crippen LogP contribution >= 0.6 is 0 Å². The second kappa shape index (κ2) is 5.73. The van der Waals surface area contributed by atoms with Crippen LogP contribution in [0.4, 0.5) is 0 Å². The van der Waals surface area contributed by atoms with Crippen LogP contribution in [-0.2, 0) is 21.1 Å². The summed E-state index contributed by atoms with van der Waals surface area (Å²) in [6.45, 7) is 5.51. The first kappa shape index (κ1) is 9.97. The molecule has 1 fully saturated rings. The topological polar surface area (TPSA) is 39.1 Å². The fourth-order valence-corrected chi connectivity index (χ4v) is 0.893. The molecule has 0 aromatic rings. The Morgan fingerprint density at radius 2 is 2.00 bits per heavy atom. The molecular formula is C6H10N3W-. The Hall–Kier alpha value is -0.0317. The second-order valence-corrected chi connectivity index (χ2v) is 2.04. The molecule has 10 heavy (non-hydrogen) atoms. The molecule has 1 N–H and O–H groups in total. The van der Waals surface area contributed by atoms with Crippen LogP contribution in [0.5, 0.6) is 0 Å². The standard InChI is InChI=1S/C6H10N3.W/c7-1-4-9-5-2-8-3-6-9;/h4,8H,2-3,5-6H2;/q-1;. The van der Waals surface area contributed by atoms with Crippen LogP contribution in [0.15, 0.2) is 0 Å². The number of nitriles is 1. The van der Waals surface area contributed by atoms with Gasteiger partial charge in [0.1, 0.15) is 0 Å². The van der Waals surface area contributed by atoms with Gasteiger partial charge in [0.2, 0.25) is 0 Å². The van der Waals surface area contributed by atoms with E-state index in [1.165, 1.54) is 0 Å². The van der Waals surface area contributed by atoms with Gasteiger partial charge in [-0.1, -0.05) is 6.07 Å². The third-order valence-corrected chi connectivity index (χ3v) is 1.39. The predicted octanol–water partition coefficient (Wildman–Crippen LogP) is -0.426. The van der Waals surface area contributed by atoms with Crippen molar-refractivity contribution in [2.45, 2.75) is 0 Å². The first-order valence-corrected chi connectivity index (χ1v) is 3.11. The van der Waals surface area contributed by atoms with E-state index in [0.29, 0.717) is 0 Å². The molecule has 0 aliphatic carbocycles. The average molecular weight is 308 g/mol. The molecule has 0 radical (unpaired) electrons. The molecule has 56 valence electrons. The Bertz CT molecular complexity index is 115. The summed E-state index contributed by atoms with van der Waals surface area (Å²) in [7, 11) is 0. The van der Waals surface area contributed by atoms with Gasteiger partial charge in [-0.05, 0) is 13.1 Å². The molecule has 0 unspecified atom stereocenters. The van der Waals surface area contributed by atoms with E-state index in [1.807, 2.05) is 11.0 Å². The van der Waals surface area contributed by atoms with E-state index in [-0.39, 0.29) is 21.1 Å². The van der Waals surface area contributed by atoms with E-state index in [2.05, 4.69) is 5.32 Å². The minimum atomic E-state index is 0. The van der Waals surface area contributed by atoms with Crippen molar-refractivity contribution in [3.8, 4) is 6.07 Å². The van der Waals surface area contributed by atoms with Crippen molar-refractivity contribution in [3.05, 3.63) is 6.54 Å². The van der Waals surface area contributed by atoms with E-state index in [0.717, 1.165) is 26.2 Å². The molecule has 1 saturated heterocycles. The number of nitrogens with one attached hydrogen (secondary N) is 1. The minimum absolute atomic E-state index is 0. The maximum Gasteiger partial charge on any atom is 0.00579 e. The molecule has 1 aliphatic rings. The first-order valence-electron chi connectivity index (χ1n) is 3.11. The minimum Gasteiger partial charge on any atom is -0.426 e. The fraction of sp³-hybridized carbons (Fsp3) is 0.667. The number of nitrogens with zero attached hydrogens (tertiary/aromatic N) is 2. The molecule has 3 nitrogen and oxygen atoms in total. The first-order chi connectivity index (χ1) is 4.43. The number of rotatable bonds is 1. The molecule has 0 spiro atoms. The third kappa shape index (κ3) is 3.22. The smallest absolute Gasteiger partial charge is 0.00579 e. The quantitative estimate of drug-likeness (QED) is 0.669. The van der Waals surface area contributed by atoms with E-state index < -0.39 is 0 Å². The van der Waals surface area contributed by atoms with Gasteiger partial charge in [0.25, 0.3) is 0 Å². The predicted molar refractivity (Wildman–Crippen MR) is 34.4 cm³/mol. The Morgan fingerprint density at radius 3 is 2.50 bits per heavy atom. The van der Waals surface area contributed by atoms with E-state index in [9.17, 15) is 0 Å². The van der Waals surface area contributed by atoms with Gasteiger partial charge in [-0.3, -0.25) is 0 Å². The average Bonchev–Trinajstić information content (AvgIpc) is 1.91. The monoisotopic (exact) mass is 308 g/mol. The summed E-state index contributed by atoms with van der Waals surface area (Å²) in [4.78, 5) is 2.02. The summed E-state index contributed by atoms with van der Waals surface area (Å²) >= 11 is 0. The van der Waals surface area contributed by atoms with E-state index >= 15 is 0 Å². The van der Waals surface area contributed by atoms with Crippen LogP contribution in [0.3, 0.4) is 0 Å². The van der Waals surface area contributed by atoms with Crippen molar-refractivity contribution in [2.75, 3.05) is 26.2 Å². The largest absolute Gasteiger partial charge is 0.426 e. The molecule has 0 aromatic heterocycles. The maximum absolute atomic E-state index is 8.25. The van der Waals surface area contributed by atoms with E-state index in [1.54, 1.807) is 6.54 Å².